The van der Waals surface area contributed by atoms with E-state index >= 15 is 0 Å². The van der Waals surface area contributed by atoms with Crippen molar-refractivity contribution in [2.45, 2.75) is 39.5 Å². The van der Waals surface area contributed by atoms with E-state index in [-0.39, 0.29) is 0 Å². The van der Waals surface area contributed by atoms with Gasteiger partial charge in [0, 0.05) is 23.0 Å². The van der Waals surface area contributed by atoms with Gasteiger partial charge in [-0.25, -0.2) is 9.50 Å². The third-order valence-corrected chi connectivity index (χ3v) is 4.45. The van der Waals surface area contributed by atoms with Gasteiger partial charge in [-0.05, 0) is 45.1 Å². The summed E-state index contributed by atoms with van der Waals surface area (Å²) in [7, 11) is 0. The molecular weight excluding hydrogens is 258 g/mol. The van der Waals surface area contributed by atoms with Crippen LogP contribution in [-0.4, -0.2) is 14.6 Å². The number of aromatic nitrogens is 3. The molecule has 0 fully saturated rings. The zero-order valence-electron chi connectivity index (χ0n) is 12.6. The van der Waals surface area contributed by atoms with E-state index in [1.54, 1.807) is 0 Å². The maximum atomic E-state index is 4.82. The lowest BCUT2D eigenvalue weighted by atomic mass is 9.95. The standard InChI is InChI=1S/C18H19N3/c1-12-7-9-14(10-8-12)16-11-18-19-13(2)15-5-3-4-6-17(15)21(18)20-16/h7-11H,3-6H2,1-2H3. The van der Waals surface area contributed by atoms with Crippen LogP contribution in [-0.2, 0) is 12.8 Å². The number of aryl methyl sites for hydroxylation is 3. The Bertz CT molecular complexity index is 813. The number of fused-ring (bicyclic) bond motifs is 3. The van der Waals surface area contributed by atoms with Crippen molar-refractivity contribution in [3.8, 4) is 11.3 Å². The third kappa shape index (κ3) is 2.04. The van der Waals surface area contributed by atoms with Gasteiger partial charge in [0.15, 0.2) is 5.65 Å². The second kappa shape index (κ2) is 4.69. The average molecular weight is 277 g/mol. The zero-order valence-corrected chi connectivity index (χ0v) is 12.6. The first-order chi connectivity index (χ1) is 10.2. The van der Waals surface area contributed by atoms with Crippen molar-refractivity contribution in [3.05, 3.63) is 52.8 Å². The van der Waals surface area contributed by atoms with E-state index in [0.717, 1.165) is 29.7 Å². The lowest BCUT2D eigenvalue weighted by Gasteiger charge is -2.18. The molecule has 1 aliphatic rings. The van der Waals surface area contributed by atoms with Crippen molar-refractivity contribution in [2.75, 3.05) is 0 Å². The summed E-state index contributed by atoms with van der Waals surface area (Å²) in [6.07, 6.45) is 4.78. The molecule has 1 aliphatic carbocycles. The first-order valence-corrected chi connectivity index (χ1v) is 7.67. The molecule has 0 amide bonds. The van der Waals surface area contributed by atoms with Crippen LogP contribution in [0.25, 0.3) is 16.9 Å². The highest BCUT2D eigenvalue weighted by Crippen LogP contribution is 2.26. The van der Waals surface area contributed by atoms with Gasteiger partial charge in [0.25, 0.3) is 0 Å². The Morgan fingerprint density at radius 3 is 2.57 bits per heavy atom. The molecule has 0 bridgehead atoms. The van der Waals surface area contributed by atoms with Gasteiger partial charge in [-0.3, -0.25) is 0 Å². The highest BCUT2D eigenvalue weighted by molar-refractivity contribution is 5.65. The predicted molar refractivity (Wildman–Crippen MR) is 84.5 cm³/mol. The predicted octanol–water partition coefficient (Wildman–Crippen LogP) is 3.89. The summed E-state index contributed by atoms with van der Waals surface area (Å²) in [5.41, 5.74) is 8.37. The van der Waals surface area contributed by atoms with Gasteiger partial charge in [-0.2, -0.15) is 5.10 Å². The van der Waals surface area contributed by atoms with Crippen molar-refractivity contribution >= 4 is 5.65 Å². The van der Waals surface area contributed by atoms with Crippen LogP contribution in [0.1, 0.15) is 35.4 Å². The van der Waals surface area contributed by atoms with Gasteiger partial charge in [0.2, 0.25) is 0 Å². The van der Waals surface area contributed by atoms with Crippen LogP contribution in [0.4, 0.5) is 0 Å². The lowest BCUT2D eigenvalue weighted by molar-refractivity contribution is 0.636. The Labute approximate surface area is 124 Å². The Morgan fingerprint density at radius 2 is 1.76 bits per heavy atom. The maximum absolute atomic E-state index is 4.82. The number of hydrogen-bond acceptors (Lipinski definition) is 2. The molecule has 106 valence electrons. The number of hydrogen-bond donors (Lipinski definition) is 0. The van der Waals surface area contributed by atoms with Crippen LogP contribution < -0.4 is 0 Å². The lowest BCUT2D eigenvalue weighted by Crippen LogP contribution is -2.13. The monoisotopic (exact) mass is 277 g/mol. The Balaban J connectivity index is 1.92. The molecule has 4 rings (SSSR count). The highest BCUT2D eigenvalue weighted by atomic mass is 15.3. The molecule has 0 aliphatic heterocycles. The Kier molecular flexibility index (Phi) is 2.81. The summed E-state index contributed by atoms with van der Waals surface area (Å²) >= 11 is 0. The molecule has 3 heteroatoms. The number of rotatable bonds is 1. The fourth-order valence-corrected chi connectivity index (χ4v) is 3.27. The molecule has 0 saturated heterocycles. The summed E-state index contributed by atoms with van der Waals surface area (Å²) in [5.74, 6) is 0. The SMILES string of the molecule is Cc1ccc(-c2cc3nc(C)c4c(n3n2)CCCC4)cc1. The Morgan fingerprint density at radius 1 is 1.00 bits per heavy atom. The minimum Gasteiger partial charge on any atom is -0.234 e. The summed E-state index contributed by atoms with van der Waals surface area (Å²) < 4.78 is 2.07. The van der Waals surface area contributed by atoms with Crippen LogP contribution >= 0.6 is 0 Å². The van der Waals surface area contributed by atoms with Crippen molar-refractivity contribution in [2.24, 2.45) is 0 Å². The van der Waals surface area contributed by atoms with Crippen molar-refractivity contribution in [1.29, 1.82) is 0 Å². The summed E-state index contributed by atoms with van der Waals surface area (Å²) in [6, 6.07) is 10.6. The topological polar surface area (TPSA) is 30.2 Å². The van der Waals surface area contributed by atoms with E-state index in [1.807, 2.05) is 0 Å². The smallest absolute Gasteiger partial charge is 0.156 e. The van der Waals surface area contributed by atoms with Crippen LogP contribution in [0.5, 0.6) is 0 Å². The van der Waals surface area contributed by atoms with Crippen molar-refractivity contribution in [1.82, 2.24) is 14.6 Å². The minimum atomic E-state index is 0.976. The van der Waals surface area contributed by atoms with E-state index < -0.39 is 0 Å². The fraction of sp³-hybridized carbons (Fsp3) is 0.333. The normalized spacial score (nSPS) is 14.4. The number of nitrogens with zero attached hydrogens (tertiary/aromatic N) is 3. The molecule has 0 radical (unpaired) electrons. The van der Waals surface area contributed by atoms with Gasteiger partial charge in [0.05, 0.1) is 5.69 Å². The Hall–Kier alpha value is -2.16. The summed E-state index contributed by atoms with van der Waals surface area (Å²) in [4.78, 5) is 4.75. The second-order valence-corrected chi connectivity index (χ2v) is 6.00. The van der Waals surface area contributed by atoms with Crippen LogP contribution in [0.3, 0.4) is 0 Å². The van der Waals surface area contributed by atoms with E-state index in [4.69, 9.17) is 10.1 Å². The van der Waals surface area contributed by atoms with E-state index in [0.29, 0.717) is 0 Å². The van der Waals surface area contributed by atoms with Gasteiger partial charge in [-0.15, -0.1) is 0 Å². The molecule has 0 atom stereocenters. The van der Waals surface area contributed by atoms with Crippen molar-refractivity contribution in [3.63, 3.8) is 0 Å². The summed E-state index contributed by atoms with van der Waals surface area (Å²) in [6.45, 7) is 4.23. The van der Waals surface area contributed by atoms with Crippen LogP contribution in [0, 0.1) is 13.8 Å². The molecule has 0 saturated carbocycles. The van der Waals surface area contributed by atoms with Gasteiger partial charge < -0.3 is 0 Å². The first-order valence-electron chi connectivity index (χ1n) is 7.67. The van der Waals surface area contributed by atoms with Crippen LogP contribution in [0.2, 0.25) is 0 Å². The molecule has 2 heterocycles. The molecule has 2 aromatic heterocycles. The second-order valence-electron chi connectivity index (χ2n) is 6.00. The van der Waals surface area contributed by atoms with Crippen LogP contribution in [0.15, 0.2) is 30.3 Å². The number of benzene rings is 1. The fourth-order valence-electron chi connectivity index (χ4n) is 3.27. The summed E-state index contributed by atoms with van der Waals surface area (Å²) in [5, 5.41) is 4.82. The molecule has 0 N–H and O–H groups in total. The van der Waals surface area contributed by atoms with E-state index in [9.17, 15) is 0 Å². The maximum Gasteiger partial charge on any atom is 0.156 e. The molecule has 21 heavy (non-hydrogen) atoms. The quantitative estimate of drug-likeness (QED) is 0.675. The van der Waals surface area contributed by atoms with Gasteiger partial charge >= 0.3 is 0 Å². The minimum absolute atomic E-state index is 0.976. The first kappa shape index (κ1) is 12.6. The zero-order chi connectivity index (χ0) is 14.4. The molecule has 1 aromatic carbocycles. The van der Waals surface area contributed by atoms with Crippen molar-refractivity contribution < 1.29 is 0 Å². The van der Waals surface area contributed by atoms with Gasteiger partial charge in [0.1, 0.15) is 0 Å². The molecule has 3 aromatic rings. The largest absolute Gasteiger partial charge is 0.234 e. The molecule has 0 unspecified atom stereocenters. The molecule has 0 spiro atoms. The molecular formula is C18H19N3. The molecule has 3 nitrogen and oxygen atoms in total. The average Bonchev–Trinajstić information content (AvgIpc) is 2.92. The van der Waals surface area contributed by atoms with Gasteiger partial charge in [-0.1, -0.05) is 29.8 Å². The van der Waals surface area contributed by atoms with E-state index in [1.165, 1.54) is 35.4 Å². The highest BCUT2D eigenvalue weighted by Gasteiger charge is 2.18. The van der Waals surface area contributed by atoms with E-state index in [2.05, 4.69) is 48.7 Å². The third-order valence-electron chi connectivity index (χ3n) is 4.45.